The average Bonchev–Trinajstić information content (AvgIpc) is 2.88. The van der Waals surface area contributed by atoms with Gasteiger partial charge in [-0.15, -0.1) is 0 Å². The molecule has 1 saturated heterocycles. The number of rotatable bonds is 5. The maximum atomic E-state index is 12.3. The fourth-order valence-corrected chi connectivity index (χ4v) is 2.50. The summed E-state index contributed by atoms with van der Waals surface area (Å²) in [4.78, 5) is 12.1. The standard InChI is InChI=1S/C14H21F2N3O2/c1-9-11(7-19(18-9)8-12(15)16)13(20)17-6-10-4-5-14(2,3)21-10/h7,10,12H,4-6,8H2,1-3H3,(H,17,20). The predicted molar refractivity (Wildman–Crippen MR) is 73.5 cm³/mol. The Morgan fingerprint density at radius 2 is 2.33 bits per heavy atom. The van der Waals surface area contributed by atoms with E-state index in [0.29, 0.717) is 17.8 Å². The molecule has 1 aliphatic rings. The molecule has 118 valence electrons. The Balaban J connectivity index is 1.90. The van der Waals surface area contributed by atoms with Gasteiger partial charge < -0.3 is 10.1 Å². The number of aromatic nitrogens is 2. The van der Waals surface area contributed by atoms with Crippen molar-refractivity contribution in [2.75, 3.05) is 6.54 Å². The van der Waals surface area contributed by atoms with Gasteiger partial charge in [-0.1, -0.05) is 0 Å². The highest BCUT2D eigenvalue weighted by Gasteiger charge is 2.31. The minimum absolute atomic E-state index is 0.000338. The van der Waals surface area contributed by atoms with Crippen molar-refractivity contribution in [2.45, 2.75) is 58.3 Å². The van der Waals surface area contributed by atoms with Crippen LogP contribution in [0.5, 0.6) is 0 Å². The normalized spacial score (nSPS) is 21.0. The molecule has 0 saturated carbocycles. The molecule has 0 aliphatic carbocycles. The van der Waals surface area contributed by atoms with E-state index in [0.717, 1.165) is 17.5 Å². The lowest BCUT2D eigenvalue weighted by atomic mass is 10.1. The molecule has 0 spiro atoms. The molecule has 0 bridgehead atoms. The number of nitrogens with zero attached hydrogens (tertiary/aromatic N) is 2. The van der Waals surface area contributed by atoms with Crippen molar-refractivity contribution in [3.05, 3.63) is 17.5 Å². The summed E-state index contributed by atoms with van der Waals surface area (Å²) in [7, 11) is 0. The third-order valence-corrected chi connectivity index (χ3v) is 3.56. The number of carbonyl (C=O) groups excluding carboxylic acids is 1. The number of halogens is 2. The van der Waals surface area contributed by atoms with Gasteiger partial charge >= 0.3 is 0 Å². The summed E-state index contributed by atoms with van der Waals surface area (Å²) in [5.74, 6) is -0.304. The molecule has 1 N–H and O–H groups in total. The summed E-state index contributed by atoms with van der Waals surface area (Å²) in [6, 6.07) is 0. The van der Waals surface area contributed by atoms with Crippen LogP contribution in [0.3, 0.4) is 0 Å². The quantitative estimate of drug-likeness (QED) is 0.906. The van der Waals surface area contributed by atoms with E-state index >= 15 is 0 Å². The molecule has 0 aromatic carbocycles. The first-order valence-electron chi connectivity index (χ1n) is 7.05. The molecule has 21 heavy (non-hydrogen) atoms. The first-order chi connectivity index (χ1) is 9.77. The lowest BCUT2D eigenvalue weighted by molar-refractivity contribution is -0.0138. The van der Waals surface area contributed by atoms with Gasteiger partial charge in [0.1, 0.15) is 6.54 Å². The Bertz CT molecular complexity index is 514. The molecule has 1 aliphatic heterocycles. The molecule has 1 aromatic heterocycles. The number of carbonyl (C=O) groups is 1. The van der Waals surface area contributed by atoms with Gasteiger partial charge in [-0.3, -0.25) is 9.48 Å². The zero-order chi connectivity index (χ0) is 15.6. The topological polar surface area (TPSA) is 56.2 Å². The van der Waals surface area contributed by atoms with E-state index in [4.69, 9.17) is 4.74 Å². The summed E-state index contributed by atoms with van der Waals surface area (Å²) in [5, 5.41) is 6.70. The number of nitrogens with one attached hydrogen (secondary N) is 1. The Morgan fingerprint density at radius 3 is 2.90 bits per heavy atom. The minimum Gasteiger partial charge on any atom is -0.371 e. The van der Waals surface area contributed by atoms with Gasteiger partial charge in [-0.25, -0.2) is 8.78 Å². The molecule has 1 atom stereocenters. The highest BCUT2D eigenvalue weighted by atomic mass is 19.3. The second-order valence-corrected chi connectivity index (χ2v) is 5.99. The largest absolute Gasteiger partial charge is 0.371 e. The summed E-state index contributed by atoms with van der Waals surface area (Å²) in [6.45, 7) is 5.59. The third kappa shape index (κ3) is 4.23. The van der Waals surface area contributed by atoms with Crippen molar-refractivity contribution in [3.8, 4) is 0 Å². The van der Waals surface area contributed by atoms with Crippen LogP contribution in [0.1, 0.15) is 42.7 Å². The molecule has 1 amide bonds. The highest BCUT2D eigenvalue weighted by Crippen LogP contribution is 2.28. The summed E-state index contributed by atoms with van der Waals surface area (Å²) >= 11 is 0. The van der Waals surface area contributed by atoms with Crippen LogP contribution < -0.4 is 5.32 Å². The summed E-state index contributed by atoms with van der Waals surface area (Å²) < 4.78 is 31.5. The van der Waals surface area contributed by atoms with Crippen LogP contribution >= 0.6 is 0 Å². The lowest BCUT2D eigenvalue weighted by Gasteiger charge is -2.19. The van der Waals surface area contributed by atoms with Gasteiger partial charge in [0.25, 0.3) is 12.3 Å². The maximum absolute atomic E-state index is 12.3. The van der Waals surface area contributed by atoms with Crippen molar-refractivity contribution in [1.82, 2.24) is 15.1 Å². The Kier molecular flexibility index (Phi) is 4.61. The van der Waals surface area contributed by atoms with E-state index in [2.05, 4.69) is 10.4 Å². The van der Waals surface area contributed by atoms with Crippen LogP contribution in [0, 0.1) is 6.92 Å². The SMILES string of the molecule is Cc1nn(CC(F)F)cc1C(=O)NCC1CCC(C)(C)O1. The van der Waals surface area contributed by atoms with Crippen LogP contribution in [0.25, 0.3) is 0 Å². The second-order valence-electron chi connectivity index (χ2n) is 5.99. The number of ether oxygens (including phenoxy) is 1. The van der Waals surface area contributed by atoms with Crippen LogP contribution in [0.4, 0.5) is 8.78 Å². The number of hydrogen-bond acceptors (Lipinski definition) is 3. The first kappa shape index (κ1) is 15.9. The fourth-order valence-electron chi connectivity index (χ4n) is 2.50. The van der Waals surface area contributed by atoms with E-state index in [9.17, 15) is 13.6 Å². The van der Waals surface area contributed by atoms with Crippen LogP contribution in [0.15, 0.2) is 6.20 Å². The van der Waals surface area contributed by atoms with Gasteiger partial charge in [-0.2, -0.15) is 5.10 Å². The van der Waals surface area contributed by atoms with Crippen LogP contribution in [-0.4, -0.2) is 40.4 Å². The maximum Gasteiger partial charge on any atom is 0.257 e. The van der Waals surface area contributed by atoms with Gasteiger partial charge in [0, 0.05) is 12.7 Å². The molecular formula is C14H21F2N3O2. The van der Waals surface area contributed by atoms with Gasteiger partial charge in [-0.05, 0) is 33.6 Å². The predicted octanol–water partition coefficient (Wildman–Crippen LogP) is 2.14. The minimum atomic E-state index is -2.49. The third-order valence-electron chi connectivity index (χ3n) is 3.56. The van der Waals surface area contributed by atoms with E-state index in [1.165, 1.54) is 6.20 Å². The molecule has 5 nitrogen and oxygen atoms in total. The zero-order valence-electron chi connectivity index (χ0n) is 12.5. The molecule has 1 fully saturated rings. The smallest absolute Gasteiger partial charge is 0.257 e. The van der Waals surface area contributed by atoms with Gasteiger partial charge in [0.15, 0.2) is 0 Å². The van der Waals surface area contributed by atoms with Crippen LogP contribution in [0.2, 0.25) is 0 Å². The molecule has 1 aromatic rings. The number of hydrogen-bond donors (Lipinski definition) is 1. The van der Waals surface area contributed by atoms with Crippen molar-refractivity contribution < 1.29 is 18.3 Å². The lowest BCUT2D eigenvalue weighted by Crippen LogP contribution is -2.33. The Morgan fingerprint density at radius 1 is 1.62 bits per heavy atom. The monoisotopic (exact) mass is 301 g/mol. The van der Waals surface area contributed by atoms with Gasteiger partial charge in [0.2, 0.25) is 0 Å². The van der Waals surface area contributed by atoms with Crippen molar-refractivity contribution >= 4 is 5.91 Å². The van der Waals surface area contributed by atoms with Gasteiger partial charge in [0.05, 0.1) is 23.0 Å². The molecule has 2 rings (SSSR count). The summed E-state index contributed by atoms with van der Waals surface area (Å²) in [6.07, 6.45) is 0.723. The van der Waals surface area contributed by atoms with Crippen molar-refractivity contribution in [1.29, 1.82) is 0 Å². The average molecular weight is 301 g/mol. The van der Waals surface area contributed by atoms with E-state index in [1.54, 1.807) is 6.92 Å². The van der Waals surface area contributed by atoms with Crippen LogP contribution in [-0.2, 0) is 11.3 Å². The molecule has 1 unspecified atom stereocenters. The molecule has 2 heterocycles. The fraction of sp³-hybridized carbons (Fsp3) is 0.714. The molecule has 0 radical (unpaired) electrons. The van der Waals surface area contributed by atoms with Crippen molar-refractivity contribution in [2.24, 2.45) is 0 Å². The summed E-state index contributed by atoms with van der Waals surface area (Å²) in [5.41, 5.74) is 0.627. The van der Waals surface area contributed by atoms with E-state index < -0.39 is 13.0 Å². The second kappa shape index (κ2) is 6.09. The highest BCUT2D eigenvalue weighted by molar-refractivity contribution is 5.95. The van der Waals surface area contributed by atoms with E-state index in [1.807, 2.05) is 13.8 Å². The number of aryl methyl sites for hydroxylation is 1. The number of amides is 1. The molecular weight excluding hydrogens is 280 g/mol. The van der Waals surface area contributed by atoms with E-state index in [-0.39, 0.29) is 17.6 Å². The number of alkyl halides is 2. The van der Waals surface area contributed by atoms with Crippen molar-refractivity contribution in [3.63, 3.8) is 0 Å². The Hall–Kier alpha value is -1.50. The zero-order valence-corrected chi connectivity index (χ0v) is 12.5. The molecule has 7 heteroatoms. The first-order valence-corrected chi connectivity index (χ1v) is 7.05. The Labute approximate surface area is 122 Å².